The van der Waals surface area contributed by atoms with Gasteiger partial charge in [0, 0.05) is 19.4 Å². The highest BCUT2D eigenvalue weighted by Gasteiger charge is 2.17. The Labute approximate surface area is 383 Å². The summed E-state index contributed by atoms with van der Waals surface area (Å²) >= 11 is 0. The molecule has 62 heavy (non-hydrogen) atoms. The minimum atomic E-state index is -0.567. The second kappa shape index (κ2) is 51.9. The van der Waals surface area contributed by atoms with Crippen molar-refractivity contribution in [1.82, 2.24) is 0 Å². The van der Waals surface area contributed by atoms with Crippen LogP contribution in [0.25, 0.3) is 0 Å². The molecule has 1 unspecified atom stereocenters. The maximum atomic E-state index is 12.8. The number of unbranched alkanes of at least 4 members (excludes halogenated alkanes) is 16. The predicted molar refractivity (Wildman–Crippen MR) is 269 cm³/mol. The number of ether oxygens (including phenoxy) is 3. The average Bonchev–Trinajstić information content (AvgIpc) is 3.27. The standard InChI is InChI=1S/C57H94O5/c1-4-7-10-13-16-19-22-25-27-28-29-31-34-37-40-43-46-49-52-60-53-55(62-57(59)51-48-45-42-39-36-32-24-21-18-15-12-9-6-3)54-61-56(58)50-47-44-41-38-35-33-30-26-23-20-17-14-11-8-5-2/h7-8,10-12,15-17,19-21,24-27,29-31,55H,4-6,9,13-14,18,22-23,28,32-54H2,1-3H3/b10-7-,11-8-,15-12-,19-16-,20-17-,24-21-,27-25-,30-26-,31-29-. The van der Waals surface area contributed by atoms with Crippen LogP contribution in [0, 0.1) is 0 Å². The van der Waals surface area contributed by atoms with Crippen LogP contribution >= 0.6 is 0 Å². The molecule has 0 aliphatic heterocycles. The van der Waals surface area contributed by atoms with E-state index in [1.807, 2.05) is 0 Å². The lowest BCUT2D eigenvalue weighted by atomic mass is 10.1. The second-order valence-electron chi connectivity index (χ2n) is 16.3. The molecule has 0 radical (unpaired) electrons. The molecule has 0 spiro atoms. The molecular formula is C57H94O5. The normalized spacial score (nSPS) is 13.1. The molecule has 0 aromatic rings. The van der Waals surface area contributed by atoms with E-state index in [1.54, 1.807) is 0 Å². The number of carbonyl (C=O) groups excluding carboxylic acids is 2. The molecule has 0 aliphatic carbocycles. The Hall–Kier alpha value is -3.44. The summed E-state index contributed by atoms with van der Waals surface area (Å²) in [6.07, 6.45) is 70.9. The topological polar surface area (TPSA) is 61.8 Å². The fraction of sp³-hybridized carbons (Fsp3) is 0.649. The van der Waals surface area contributed by atoms with Crippen LogP contribution in [-0.2, 0) is 23.8 Å². The predicted octanol–water partition coefficient (Wildman–Crippen LogP) is 17.2. The zero-order valence-corrected chi connectivity index (χ0v) is 40.3. The van der Waals surface area contributed by atoms with Gasteiger partial charge in [-0.25, -0.2) is 0 Å². The first-order valence-corrected chi connectivity index (χ1v) is 25.4. The summed E-state index contributed by atoms with van der Waals surface area (Å²) in [4.78, 5) is 25.4. The minimum absolute atomic E-state index is 0.0563. The van der Waals surface area contributed by atoms with Crippen molar-refractivity contribution in [2.45, 2.75) is 219 Å². The maximum Gasteiger partial charge on any atom is 0.306 e. The van der Waals surface area contributed by atoms with Gasteiger partial charge in [0.05, 0.1) is 6.61 Å². The van der Waals surface area contributed by atoms with Gasteiger partial charge in [0.15, 0.2) is 6.10 Å². The van der Waals surface area contributed by atoms with Crippen LogP contribution in [0.5, 0.6) is 0 Å². The third-order valence-corrected chi connectivity index (χ3v) is 10.3. The third-order valence-electron chi connectivity index (χ3n) is 10.3. The highest BCUT2D eigenvalue weighted by molar-refractivity contribution is 5.70. The van der Waals surface area contributed by atoms with Crippen molar-refractivity contribution in [3.63, 3.8) is 0 Å². The molecule has 5 nitrogen and oxygen atoms in total. The molecule has 0 saturated carbocycles. The number of hydrogen-bond acceptors (Lipinski definition) is 5. The Bertz CT molecular complexity index is 1250. The number of allylic oxidation sites excluding steroid dienone is 18. The van der Waals surface area contributed by atoms with Crippen LogP contribution < -0.4 is 0 Å². The first kappa shape index (κ1) is 58.6. The Morgan fingerprint density at radius 2 is 0.726 bits per heavy atom. The summed E-state index contributed by atoms with van der Waals surface area (Å²) < 4.78 is 17.4. The van der Waals surface area contributed by atoms with Crippen molar-refractivity contribution in [2.75, 3.05) is 19.8 Å². The largest absolute Gasteiger partial charge is 0.462 e. The lowest BCUT2D eigenvalue weighted by Crippen LogP contribution is -2.30. The summed E-state index contributed by atoms with van der Waals surface area (Å²) in [7, 11) is 0. The van der Waals surface area contributed by atoms with Crippen LogP contribution in [0.4, 0.5) is 0 Å². The second-order valence-corrected chi connectivity index (χ2v) is 16.3. The summed E-state index contributed by atoms with van der Waals surface area (Å²) in [6, 6.07) is 0. The molecule has 5 heteroatoms. The Morgan fingerprint density at radius 1 is 0.371 bits per heavy atom. The van der Waals surface area contributed by atoms with Crippen LogP contribution in [0.15, 0.2) is 109 Å². The van der Waals surface area contributed by atoms with Gasteiger partial charge >= 0.3 is 11.9 Å². The van der Waals surface area contributed by atoms with Gasteiger partial charge in [-0.15, -0.1) is 0 Å². The van der Waals surface area contributed by atoms with E-state index < -0.39 is 6.10 Å². The molecule has 0 N–H and O–H groups in total. The monoisotopic (exact) mass is 859 g/mol. The van der Waals surface area contributed by atoms with Crippen LogP contribution in [-0.4, -0.2) is 37.9 Å². The van der Waals surface area contributed by atoms with Crippen LogP contribution in [0.1, 0.15) is 213 Å². The fourth-order valence-electron chi connectivity index (χ4n) is 6.55. The Morgan fingerprint density at radius 3 is 1.16 bits per heavy atom. The molecule has 0 aromatic heterocycles. The molecule has 352 valence electrons. The van der Waals surface area contributed by atoms with Gasteiger partial charge in [0.2, 0.25) is 0 Å². The maximum absolute atomic E-state index is 12.8. The highest BCUT2D eigenvalue weighted by Crippen LogP contribution is 2.12. The first-order valence-electron chi connectivity index (χ1n) is 25.4. The quantitative estimate of drug-likeness (QED) is 0.0347. The van der Waals surface area contributed by atoms with Gasteiger partial charge in [-0.05, 0) is 116 Å². The molecule has 0 amide bonds. The Balaban J connectivity index is 4.37. The van der Waals surface area contributed by atoms with E-state index in [0.29, 0.717) is 19.4 Å². The molecule has 0 aliphatic rings. The summed E-state index contributed by atoms with van der Waals surface area (Å²) in [6.45, 7) is 7.45. The van der Waals surface area contributed by atoms with Gasteiger partial charge in [0.1, 0.15) is 6.61 Å². The lowest BCUT2D eigenvalue weighted by Gasteiger charge is -2.18. The SMILES string of the molecule is CC/C=C\C/C=C\C/C=C\C/C=C\CCCCCCCOCC(COC(=O)CCCCCCC/C=C\C/C=C\C/C=C\CC)OC(=O)CCCCCCC/C=C\C/C=C\CCC. The van der Waals surface area contributed by atoms with Gasteiger partial charge in [0.25, 0.3) is 0 Å². The molecule has 0 fully saturated rings. The molecule has 1 atom stereocenters. The number of rotatable bonds is 45. The molecule has 0 bridgehead atoms. The average molecular weight is 859 g/mol. The van der Waals surface area contributed by atoms with Gasteiger partial charge in [-0.3, -0.25) is 9.59 Å². The van der Waals surface area contributed by atoms with Gasteiger partial charge in [-0.1, -0.05) is 194 Å². The highest BCUT2D eigenvalue weighted by atomic mass is 16.6. The van der Waals surface area contributed by atoms with E-state index in [-0.39, 0.29) is 25.2 Å². The smallest absolute Gasteiger partial charge is 0.306 e. The van der Waals surface area contributed by atoms with Gasteiger partial charge in [-0.2, -0.15) is 0 Å². The minimum Gasteiger partial charge on any atom is -0.462 e. The molecule has 0 aromatic carbocycles. The van der Waals surface area contributed by atoms with Crippen molar-refractivity contribution in [3.8, 4) is 0 Å². The van der Waals surface area contributed by atoms with E-state index in [1.165, 1.54) is 51.4 Å². The van der Waals surface area contributed by atoms with E-state index in [2.05, 4.69) is 130 Å². The first-order chi connectivity index (χ1) is 30.6. The number of carbonyl (C=O) groups is 2. The lowest BCUT2D eigenvalue weighted by molar-refractivity contribution is -0.163. The molecule has 0 rings (SSSR count). The zero-order valence-electron chi connectivity index (χ0n) is 40.3. The molecular weight excluding hydrogens is 765 g/mol. The molecule has 0 heterocycles. The van der Waals surface area contributed by atoms with E-state index in [0.717, 1.165) is 128 Å². The summed E-state index contributed by atoms with van der Waals surface area (Å²) in [5.74, 6) is -0.451. The third kappa shape index (κ3) is 49.2. The fourth-order valence-corrected chi connectivity index (χ4v) is 6.55. The van der Waals surface area contributed by atoms with Crippen LogP contribution in [0.3, 0.4) is 0 Å². The van der Waals surface area contributed by atoms with E-state index in [9.17, 15) is 9.59 Å². The zero-order chi connectivity index (χ0) is 44.9. The van der Waals surface area contributed by atoms with Crippen LogP contribution in [0.2, 0.25) is 0 Å². The van der Waals surface area contributed by atoms with Crippen molar-refractivity contribution in [3.05, 3.63) is 109 Å². The number of hydrogen-bond donors (Lipinski definition) is 0. The van der Waals surface area contributed by atoms with E-state index in [4.69, 9.17) is 14.2 Å². The van der Waals surface area contributed by atoms with Crippen molar-refractivity contribution >= 4 is 11.9 Å². The van der Waals surface area contributed by atoms with Crippen molar-refractivity contribution in [2.24, 2.45) is 0 Å². The summed E-state index contributed by atoms with van der Waals surface area (Å²) in [5, 5.41) is 0. The summed E-state index contributed by atoms with van der Waals surface area (Å²) in [5.41, 5.74) is 0. The van der Waals surface area contributed by atoms with E-state index >= 15 is 0 Å². The van der Waals surface area contributed by atoms with Crippen molar-refractivity contribution < 1.29 is 23.8 Å². The van der Waals surface area contributed by atoms with Crippen molar-refractivity contribution in [1.29, 1.82) is 0 Å². The molecule has 0 saturated heterocycles. The van der Waals surface area contributed by atoms with Gasteiger partial charge < -0.3 is 14.2 Å². The Kier molecular flexibility index (Phi) is 49.0. The number of esters is 2.